The van der Waals surface area contributed by atoms with Crippen LogP contribution in [-0.4, -0.2) is 61.8 Å². The third-order valence-corrected chi connectivity index (χ3v) is 3.82. The highest BCUT2D eigenvalue weighted by atomic mass is 16.5. The molecular weight excluding hydrogens is 254 g/mol. The third-order valence-electron chi connectivity index (χ3n) is 3.82. The number of carbonyl (C=O) groups is 1. The Morgan fingerprint density at radius 1 is 1.25 bits per heavy atom. The summed E-state index contributed by atoms with van der Waals surface area (Å²) < 4.78 is 5.76. The fourth-order valence-electron chi connectivity index (χ4n) is 2.80. The number of nitrogens with one attached hydrogen (secondary N) is 2. The maximum absolute atomic E-state index is 12.5. The smallest absolute Gasteiger partial charge is 0.237 e. The van der Waals surface area contributed by atoms with Crippen molar-refractivity contribution in [3.05, 3.63) is 0 Å². The van der Waals surface area contributed by atoms with Crippen molar-refractivity contribution in [2.24, 2.45) is 5.92 Å². The highest BCUT2D eigenvalue weighted by Crippen LogP contribution is 2.18. The van der Waals surface area contributed by atoms with Crippen molar-refractivity contribution < 1.29 is 9.53 Å². The Balaban J connectivity index is 2.65. The summed E-state index contributed by atoms with van der Waals surface area (Å²) in [5, 5.41) is 6.19. The summed E-state index contributed by atoms with van der Waals surface area (Å²) in [6, 6.07) is 0.210. The number of nitrogens with zero attached hydrogens (tertiary/aromatic N) is 1. The van der Waals surface area contributed by atoms with Crippen LogP contribution in [0.2, 0.25) is 0 Å². The number of ether oxygens (including phenoxy) is 1. The van der Waals surface area contributed by atoms with Gasteiger partial charge in [0.2, 0.25) is 5.91 Å². The van der Waals surface area contributed by atoms with Crippen LogP contribution >= 0.6 is 0 Å². The van der Waals surface area contributed by atoms with Gasteiger partial charge < -0.3 is 15.4 Å². The lowest BCUT2D eigenvalue weighted by molar-refractivity contribution is -0.135. The van der Waals surface area contributed by atoms with Gasteiger partial charge in [-0.05, 0) is 33.7 Å². The molecule has 0 bridgehead atoms. The standard InChI is InChI=1S/C15H31N3O2/c1-10(2)14(15(19)17-7-11(3)16-6)18-8-12(4)20-13(5)9-18/h10-14,16H,7-9H2,1-6H3,(H,17,19). The van der Waals surface area contributed by atoms with Crippen LogP contribution in [0.5, 0.6) is 0 Å². The molecule has 1 aliphatic heterocycles. The zero-order chi connectivity index (χ0) is 15.3. The molecule has 5 heteroatoms. The van der Waals surface area contributed by atoms with Crippen molar-refractivity contribution in [3.8, 4) is 0 Å². The molecule has 1 saturated heterocycles. The van der Waals surface area contributed by atoms with Gasteiger partial charge in [-0.25, -0.2) is 0 Å². The van der Waals surface area contributed by atoms with Crippen LogP contribution in [0, 0.1) is 5.92 Å². The van der Waals surface area contributed by atoms with Gasteiger partial charge in [-0.2, -0.15) is 0 Å². The van der Waals surface area contributed by atoms with E-state index in [0.29, 0.717) is 6.54 Å². The summed E-state index contributed by atoms with van der Waals surface area (Å²) in [4.78, 5) is 14.8. The van der Waals surface area contributed by atoms with E-state index >= 15 is 0 Å². The third kappa shape index (κ3) is 5.04. The highest BCUT2D eigenvalue weighted by Gasteiger charge is 2.33. The fourth-order valence-corrected chi connectivity index (χ4v) is 2.80. The normalized spacial score (nSPS) is 27.4. The first-order valence-corrected chi connectivity index (χ1v) is 7.69. The fraction of sp³-hybridized carbons (Fsp3) is 0.933. The Kier molecular flexibility index (Phi) is 6.92. The predicted octanol–water partition coefficient (Wildman–Crippen LogP) is 0.844. The highest BCUT2D eigenvalue weighted by molar-refractivity contribution is 5.82. The molecule has 1 rings (SSSR count). The molecule has 1 amide bonds. The molecule has 0 aromatic carbocycles. The molecule has 0 aromatic heterocycles. The van der Waals surface area contributed by atoms with Gasteiger partial charge in [0.1, 0.15) is 0 Å². The van der Waals surface area contributed by atoms with E-state index in [1.165, 1.54) is 0 Å². The monoisotopic (exact) mass is 285 g/mol. The molecule has 5 nitrogen and oxygen atoms in total. The van der Waals surface area contributed by atoms with E-state index in [2.05, 4.69) is 50.2 Å². The Morgan fingerprint density at radius 2 is 1.80 bits per heavy atom. The second kappa shape index (κ2) is 7.96. The zero-order valence-electron chi connectivity index (χ0n) is 13.8. The topological polar surface area (TPSA) is 53.6 Å². The van der Waals surface area contributed by atoms with Crippen molar-refractivity contribution in [1.82, 2.24) is 15.5 Å². The quantitative estimate of drug-likeness (QED) is 0.759. The molecule has 4 unspecified atom stereocenters. The maximum Gasteiger partial charge on any atom is 0.237 e. The van der Waals surface area contributed by atoms with E-state index in [4.69, 9.17) is 4.74 Å². The van der Waals surface area contributed by atoms with Crippen LogP contribution in [0.1, 0.15) is 34.6 Å². The molecule has 0 saturated carbocycles. The van der Waals surface area contributed by atoms with Gasteiger partial charge >= 0.3 is 0 Å². The number of amides is 1. The molecule has 1 fully saturated rings. The molecule has 0 aliphatic carbocycles. The van der Waals surface area contributed by atoms with Crippen molar-refractivity contribution in [2.45, 2.75) is 58.9 Å². The van der Waals surface area contributed by atoms with Crippen molar-refractivity contribution >= 4 is 5.91 Å². The molecule has 118 valence electrons. The van der Waals surface area contributed by atoms with Crippen LogP contribution in [0.15, 0.2) is 0 Å². The number of rotatable bonds is 6. The molecule has 2 N–H and O–H groups in total. The molecule has 20 heavy (non-hydrogen) atoms. The lowest BCUT2D eigenvalue weighted by atomic mass is 9.99. The van der Waals surface area contributed by atoms with Crippen molar-refractivity contribution in [2.75, 3.05) is 26.7 Å². The van der Waals surface area contributed by atoms with Crippen LogP contribution in [0.3, 0.4) is 0 Å². The van der Waals surface area contributed by atoms with E-state index < -0.39 is 0 Å². The Hall–Kier alpha value is -0.650. The largest absolute Gasteiger partial charge is 0.373 e. The van der Waals surface area contributed by atoms with Crippen LogP contribution in [-0.2, 0) is 9.53 Å². The van der Waals surface area contributed by atoms with Crippen LogP contribution < -0.4 is 10.6 Å². The molecule has 1 heterocycles. The minimum Gasteiger partial charge on any atom is -0.373 e. The second-order valence-electron chi connectivity index (χ2n) is 6.33. The van der Waals surface area contributed by atoms with E-state index in [1.807, 2.05) is 7.05 Å². The van der Waals surface area contributed by atoms with Gasteiger partial charge in [-0.3, -0.25) is 9.69 Å². The van der Waals surface area contributed by atoms with Gasteiger partial charge in [0, 0.05) is 25.7 Å². The van der Waals surface area contributed by atoms with Crippen LogP contribution in [0.4, 0.5) is 0 Å². The Labute approximate surface area is 123 Å². The average Bonchev–Trinajstić information content (AvgIpc) is 2.34. The number of hydrogen-bond acceptors (Lipinski definition) is 4. The Bertz CT molecular complexity index is 299. The van der Waals surface area contributed by atoms with Crippen LogP contribution in [0.25, 0.3) is 0 Å². The molecule has 0 aromatic rings. The van der Waals surface area contributed by atoms with Gasteiger partial charge in [-0.1, -0.05) is 13.8 Å². The van der Waals surface area contributed by atoms with Gasteiger partial charge in [0.25, 0.3) is 0 Å². The van der Waals surface area contributed by atoms with Gasteiger partial charge in [0.15, 0.2) is 0 Å². The minimum absolute atomic E-state index is 0.0761. The number of likely N-dealkylation sites (N-methyl/N-ethyl adjacent to an activating group) is 1. The van der Waals surface area contributed by atoms with Crippen molar-refractivity contribution in [1.29, 1.82) is 0 Å². The molecule has 4 atom stereocenters. The minimum atomic E-state index is -0.0761. The summed E-state index contributed by atoms with van der Waals surface area (Å²) in [5.74, 6) is 0.417. The summed E-state index contributed by atoms with van der Waals surface area (Å²) >= 11 is 0. The van der Waals surface area contributed by atoms with Crippen molar-refractivity contribution in [3.63, 3.8) is 0 Å². The predicted molar refractivity (Wildman–Crippen MR) is 81.7 cm³/mol. The van der Waals surface area contributed by atoms with E-state index in [9.17, 15) is 4.79 Å². The van der Waals surface area contributed by atoms with E-state index in [1.54, 1.807) is 0 Å². The summed E-state index contributed by atoms with van der Waals surface area (Å²) in [5.41, 5.74) is 0. The lowest BCUT2D eigenvalue weighted by Crippen LogP contribution is -2.57. The Morgan fingerprint density at radius 3 is 2.25 bits per heavy atom. The SMILES string of the molecule is CNC(C)CNC(=O)C(C(C)C)N1CC(C)OC(C)C1. The van der Waals surface area contributed by atoms with Gasteiger partial charge in [-0.15, -0.1) is 0 Å². The summed E-state index contributed by atoms with van der Waals surface area (Å²) in [7, 11) is 1.90. The summed E-state index contributed by atoms with van der Waals surface area (Å²) in [6.45, 7) is 12.7. The van der Waals surface area contributed by atoms with E-state index in [0.717, 1.165) is 13.1 Å². The average molecular weight is 285 g/mol. The number of carbonyl (C=O) groups excluding carboxylic acids is 1. The second-order valence-corrected chi connectivity index (χ2v) is 6.33. The molecular formula is C15H31N3O2. The zero-order valence-corrected chi connectivity index (χ0v) is 13.8. The van der Waals surface area contributed by atoms with Gasteiger partial charge in [0.05, 0.1) is 18.2 Å². The molecule has 0 spiro atoms. The number of morpholine rings is 1. The first-order chi connectivity index (χ1) is 9.35. The van der Waals surface area contributed by atoms with E-state index in [-0.39, 0.29) is 36.1 Å². The summed E-state index contributed by atoms with van der Waals surface area (Å²) in [6.07, 6.45) is 0.369. The molecule has 0 radical (unpaired) electrons. The number of hydrogen-bond donors (Lipinski definition) is 2. The maximum atomic E-state index is 12.5. The lowest BCUT2D eigenvalue weighted by Gasteiger charge is -2.41. The first-order valence-electron chi connectivity index (χ1n) is 7.69. The first kappa shape index (κ1) is 17.4. The molecule has 1 aliphatic rings.